The number of halogens is 1. The van der Waals surface area contributed by atoms with Crippen molar-refractivity contribution in [2.45, 2.75) is 16.2 Å². The van der Waals surface area contributed by atoms with Crippen molar-refractivity contribution in [1.82, 2.24) is 0 Å². The van der Waals surface area contributed by atoms with Crippen LogP contribution >= 0.6 is 11.6 Å². The van der Waals surface area contributed by atoms with Crippen LogP contribution in [-0.2, 0) is 26.4 Å². The van der Waals surface area contributed by atoms with E-state index in [0.29, 0.717) is 17.0 Å². The largest absolute Gasteiger partial charge is 0.379 e. The highest BCUT2D eigenvalue weighted by molar-refractivity contribution is 7.90. The first-order valence-corrected chi connectivity index (χ1v) is 11.9. The van der Waals surface area contributed by atoms with Gasteiger partial charge in [0.25, 0.3) is 0 Å². The third-order valence-corrected chi connectivity index (χ3v) is 6.61. The molecule has 3 aromatic carbocycles. The van der Waals surface area contributed by atoms with Crippen LogP contribution in [-0.4, -0.2) is 23.1 Å². The van der Waals surface area contributed by atoms with Crippen molar-refractivity contribution in [3.63, 3.8) is 0 Å². The summed E-state index contributed by atoms with van der Waals surface area (Å²) in [4.78, 5) is -0.108. The monoisotopic (exact) mass is 436 g/mol. The average Bonchev–Trinajstić information content (AvgIpc) is 2.64. The molecule has 0 aliphatic heterocycles. The van der Waals surface area contributed by atoms with Crippen molar-refractivity contribution in [3.05, 3.63) is 88.9 Å². The number of sulfone groups is 1. The Morgan fingerprint density at radius 3 is 2.04 bits per heavy atom. The fourth-order valence-electron chi connectivity index (χ4n) is 2.60. The lowest BCUT2D eigenvalue weighted by Gasteiger charge is -2.12. The zero-order valence-corrected chi connectivity index (χ0v) is 17.3. The molecule has 0 bridgehead atoms. The second-order valence-corrected chi connectivity index (χ2v) is 10.2. The van der Waals surface area contributed by atoms with Crippen molar-refractivity contribution in [1.29, 1.82) is 0 Å². The first kappa shape index (κ1) is 20.4. The van der Waals surface area contributed by atoms with Gasteiger partial charge in [-0.1, -0.05) is 41.9 Å². The van der Waals surface area contributed by atoms with Gasteiger partial charge in [0.2, 0.25) is 0 Å². The summed E-state index contributed by atoms with van der Waals surface area (Å²) in [6.07, 6.45) is 1.50. The smallest absolute Gasteiger partial charge is 0.339 e. The molecule has 28 heavy (non-hydrogen) atoms. The minimum absolute atomic E-state index is 0.0303. The van der Waals surface area contributed by atoms with E-state index >= 15 is 0 Å². The van der Waals surface area contributed by atoms with Gasteiger partial charge in [0, 0.05) is 23.3 Å². The molecule has 0 heterocycles. The Morgan fingerprint density at radius 2 is 1.43 bits per heavy atom. The van der Waals surface area contributed by atoms with E-state index in [0.717, 1.165) is 11.8 Å². The molecular formula is C20H17ClO5S2. The summed E-state index contributed by atoms with van der Waals surface area (Å²) in [5, 5.41) is 0.466. The van der Waals surface area contributed by atoms with Crippen molar-refractivity contribution in [2.24, 2.45) is 0 Å². The lowest BCUT2D eigenvalue weighted by atomic mass is 10.0. The molecule has 0 amide bonds. The molecule has 8 heteroatoms. The standard InChI is InChI=1S/C20H17ClO5S2/c1-27(22,23)18-8-10-19(11-9-18)28(24,25)26-20-12-7-17(21)14-16(20)13-15-5-3-2-4-6-15/h2-12,14H,13H2,1H3. The van der Waals surface area contributed by atoms with Crippen LogP contribution in [0.5, 0.6) is 5.75 Å². The molecule has 0 N–H and O–H groups in total. The fraction of sp³-hybridized carbons (Fsp3) is 0.100. The third kappa shape index (κ3) is 4.92. The molecule has 0 atom stereocenters. The lowest BCUT2D eigenvalue weighted by molar-refractivity contribution is 0.483. The first-order chi connectivity index (χ1) is 13.1. The van der Waals surface area contributed by atoms with Crippen molar-refractivity contribution < 1.29 is 21.0 Å². The Morgan fingerprint density at radius 1 is 0.821 bits per heavy atom. The van der Waals surface area contributed by atoms with E-state index in [1.165, 1.54) is 30.3 Å². The van der Waals surface area contributed by atoms with Crippen LogP contribution in [0.15, 0.2) is 82.6 Å². The van der Waals surface area contributed by atoms with Gasteiger partial charge in [-0.05, 0) is 48.0 Å². The summed E-state index contributed by atoms with van der Waals surface area (Å²) in [5.41, 5.74) is 1.60. The Balaban J connectivity index is 1.92. The summed E-state index contributed by atoms with van der Waals surface area (Å²) < 4.78 is 53.7. The minimum atomic E-state index is -4.14. The average molecular weight is 437 g/mol. The molecule has 0 spiro atoms. The quantitative estimate of drug-likeness (QED) is 0.543. The van der Waals surface area contributed by atoms with Gasteiger partial charge in [0.15, 0.2) is 9.84 Å². The summed E-state index contributed by atoms with van der Waals surface area (Å²) >= 11 is 6.07. The first-order valence-electron chi connectivity index (χ1n) is 8.22. The van der Waals surface area contributed by atoms with Crippen molar-refractivity contribution >= 4 is 31.6 Å². The van der Waals surface area contributed by atoms with Gasteiger partial charge in [-0.2, -0.15) is 8.42 Å². The Bertz CT molecular complexity index is 1190. The summed E-state index contributed by atoms with van der Waals surface area (Å²) in [7, 11) is -7.56. The lowest BCUT2D eigenvalue weighted by Crippen LogP contribution is -2.11. The molecule has 3 aromatic rings. The van der Waals surface area contributed by atoms with Gasteiger partial charge in [0.1, 0.15) is 10.6 Å². The Kier molecular flexibility index (Phi) is 5.79. The maximum absolute atomic E-state index is 12.6. The van der Waals surface area contributed by atoms with Crippen LogP contribution in [0, 0.1) is 0 Å². The van der Waals surface area contributed by atoms with E-state index in [9.17, 15) is 16.8 Å². The molecule has 5 nitrogen and oxygen atoms in total. The van der Waals surface area contributed by atoms with Crippen LogP contribution < -0.4 is 4.18 Å². The fourth-order valence-corrected chi connectivity index (χ4v) is 4.39. The number of rotatable bonds is 6. The predicted molar refractivity (Wildman–Crippen MR) is 108 cm³/mol. The van der Waals surface area contributed by atoms with Crippen molar-refractivity contribution in [2.75, 3.05) is 6.26 Å². The Hall–Kier alpha value is -2.35. The van der Waals surface area contributed by atoms with E-state index in [2.05, 4.69) is 0 Å². The number of hydrogen-bond acceptors (Lipinski definition) is 5. The molecule has 0 aliphatic rings. The van der Waals surface area contributed by atoms with Gasteiger partial charge in [-0.15, -0.1) is 0 Å². The molecule has 0 fully saturated rings. The van der Waals surface area contributed by atoms with Crippen LogP contribution in [0.3, 0.4) is 0 Å². The van der Waals surface area contributed by atoms with Gasteiger partial charge in [-0.25, -0.2) is 8.42 Å². The maximum atomic E-state index is 12.6. The molecular weight excluding hydrogens is 420 g/mol. The summed E-state index contributed by atoms with van der Waals surface area (Å²) in [5.74, 6) is 0.167. The zero-order chi connectivity index (χ0) is 20.4. The van der Waals surface area contributed by atoms with Crippen LogP contribution in [0.4, 0.5) is 0 Å². The van der Waals surface area contributed by atoms with Crippen LogP contribution in [0.25, 0.3) is 0 Å². The second kappa shape index (κ2) is 7.95. The minimum Gasteiger partial charge on any atom is -0.379 e. The van der Waals surface area contributed by atoms with E-state index in [-0.39, 0.29) is 15.5 Å². The predicted octanol–water partition coefficient (Wildman–Crippen LogP) is 4.10. The molecule has 0 unspecified atom stereocenters. The van der Waals surface area contributed by atoms with Gasteiger partial charge in [0.05, 0.1) is 4.90 Å². The Labute approximate surface area is 169 Å². The molecule has 0 radical (unpaired) electrons. The highest BCUT2D eigenvalue weighted by Crippen LogP contribution is 2.28. The molecule has 3 rings (SSSR count). The highest BCUT2D eigenvalue weighted by Gasteiger charge is 2.20. The third-order valence-electron chi connectivity index (χ3n) is 4.00. The van der Waals surface area contributed by atoms with E-state index < -0.39 is 20.0 Å². The topological polar surface area (TPSA) is 77.5 Å². The molecule has 0 saturated carbocycles. The van der Waals surface area contributed by atoms with Gasteiger partial charge < -0.3 is 4.18 Å². The molecule has 0 aromatic heterocycles. The van der Waals surface area contributed by atoms with E-state index in [1.54, 1.807) is 12.1 Å². The van der Waals surface area contributed by atoms with Crippen molar-refractivity contribution in [3.8, 4) is 5.75 Å². The van der Waals surface area contributed by atoms with Gasteiger partial charge >= 0.3 is 10.1 Å². The molecule has 146 valence electrons. The van der Waals surface area contributed by atoms with Crippen LogP contribution in [0.1, 0.15) is 11.1 Å². The van der Waals surface area contributed by atoms with E-state index in [1.807, 2.05) is 30.3 Å². The van der Waals surface area contributed by atoms with Crippen LogP contribution in [0.2, 0.25) is 5.02 Å². The summed E-state index contributed by atoms with van der Waals surface area (Å²) in [6, 6.07) is 19.1. The summed E-state index contributed by atoms with van der Waals surface area (Å²) in [6.45, 7) is 0. The zero-order valence-electron chi connectivity index (χ0n) is 14.9. The highest BCUT2D eigenvalue weighted by atomic mass is 35.5. The second-order valence-electron chi connectivity index (χ2n) is 6.20. The maximum Gasteiger partial charge on any atom is 0.339 e. The normalized spacial score (nSPS) is 11.9. The van der Waals surface area contributed by atoms with E-state index in [4.69, 9.17) is 15.8 Å². The molecule has 0 aliphatic carbocycles. The SMILES string of the molecule is CS(=O)(=O)c1ccc(S(=O)(=O)Oc2ccc(Cl)cc2Cc2ccccc2)cc1. The number of hydrogen-bond donors (Lipinski definition) is 0. The molecule has 0 saturated heterocycles. The van der Waals surface area contributed by atoms with Gasteiger partial charge in [-0.3, -0.25) is 0 Å². The number of benzene rings is 3.